The van der Waals surface area contributed by atoms with Crippen molar-refractivity contribution in [1.29, 1.82) is 0 Å². The van der Waals surface area contributed by atoms with E-state index in [1.54, 1.807) is 23.5 Å². The Morgan fingerprint density at radius 1 is 0.656 bits per heavy atom. The van der Waals surface area contributed by atoms with Crippen molar-refractivity contribution in [3.05, 3.63) is 77.6 Å². The third kappa shape index (κ3) is 8.64. The van der Waals surface area contributed by atoms with Gasteiger partial charge < -0.3 is 40.1 Å². The summed E-state index contributed by atoms with van der Waals surface area (Å²) in [6, 6.07) is 15.4. The van der Waals surface area contributed by atoms with E-state index in [4.69, 9.17) is 54.5 Å². The van der Waals surface area contributed by atoms with Gasteiger partial charge in [0.25, 0.3) is 0 Å². The molecule has 2 aliphatic heterocycles. The Kier molecular flexibility index (Phi) is 12.8. The molecule has 0 amide bonds. The number of hydrogen-bond acceptors (Lipinski definition) is 18. The lowest BCUT2D eigenvalue weighted by atomic mass is 10.1. The number of hydrogen-bond donors (Lipinski definition) is 4. The van der Waals surface area contributed by atoms with Crippen LogP contribution in [0.3, 0.4) is 0 Å². The minimum absolute atomic E-state index is 0.318. The second-order valence-electron chi connectivity index (χ2n) is 15.3. The summed E-state index contributed by atoms with van der Waals surface area (Å²) in [7, 11) is 0. The molecule has 16 nitrogen and oxygen atoms in total. The van der Waals surface area contributed by atoms with E-state index in [9.17, 15) is 5.11 Å². The van der Waals surface area contributed by atoms with Gasteiger partial charge >= 0.3 is 0 Å². The molecule has 6 aromatic heterocycles. The number of benzene rings is 2. The number of fused-ring (bicyclic) bond motifs is 6. The number of aliphatic hydroxyl groups excluding tert-OH is 2. The Hall–Kier alpha value is -6.02. The van der Waals surface area contributed by atoms with E-state index in [0.717, 1.165) is 121 Å². The van der Waals surface area contributed by atoms with Gasteiger partial charge in [-0.1, -0.05) is 61.2 Å². The monoisotopic (exact) mass is 898 g/mol. The summed E-state index contributed by atoms with van der Waals surface area (Å²) in [5.74, 6) is 3.90. The predicted molar refractivity (Wildman–Crippen MR) is 256 cm³/mol. The summed E-state index contributed by atoms with van der Waals surface area (Å²) in [6.45, 7) is 19.6. The number of aromatic nitrogens is 8. The molecule has 0 radical (unpaired) electrons. The molecular weight excluding hydrogens is 849 g/mol. The molecule has 18 heteroatoms. The quantitative estimate of drug-likeness (QED) is 0.110. The first-order chi connectivity index (χ1) is 31.3. The predicted octanol–water partition coefficient (Wildman–Crippen LogP) is 6.51. The molecule has 2 aliphatic rings. The van der Waals surface area contributed by atoms with E-state index in [1.165, 1.54) is 11.3 Å². The van der Waals surface area contributed by atoms with Crippen LogP contribution in [0, 0.1) is 13.8 Å². The molecular formula is C46H50N12O4S2. The van der Waals surface area contributed by atoms with Gasteiger partial charge in [-0.25, -0.2) is 29.9 Å². The molecule has 8 heterocycles. The molecule has 0 bridgehead atoms. The lowest BCUT2D eigenvalue weighted by molar-refractivity contribution is 0.0956. The fourth-order valence-electron chi connectivity index (χ4n) is 7.81. The first-order valence-corrected chi connectivity index (χ1v) is 23.2. The van der Waals surface area contributed by atoms with Crippen LogP contribution in [0.25, 0.3) is 69.7 Å². The van der Waals surface area contributed by atoms with Crippen molar-refractivity contribution in [3.63, 3.8) is 0 Å². The molecule has 4 N–H and O–H groups in total. The van der Waals surface area contributed by atoms with Gasteiger partial charge in [0.05, 0.1) is 42.0 Å². The maximum Gasteiger partial charge on any atom is 0.236 e. The zero-order chi connectivity index (χ0) is 44.3. The van der Waals surface area contributed by atoms with Crippen molar-refractivity contribution in [3.8, 4) is 34.5 Å². The lowest BCUT2D eigenvalue weighted by Crippen LogP contribution is -2.44. The fourth-order valence-corrected chi connectivity index (χ4v) is 10.0. The highest BCUT2D eigenvalue weighted by Crippen LogP contribution is 2.41. The Balaban J connectivity index is 0.000000162. The molecule has 2 aromatic carbocycles. The average Bonchev–Trinajstić information content (AvgIpc) is 3.92. The summed E-state index contributed by atoms with van der Waals surface area (Å²) in [4.78, 5) is 44.8. The van der Waals surface area contributed by atoms with Gasteiger partial charge in [0.1, 0.15) is 36.2 Å². The summed E-state index contributed by atoms with van der Waals surface area (Å²) in [5, 5.41) is 27.6. The van der Waals surface area contributed by atoms with Crippen LogP contribution >= 0.6 is 22.7 Å². The molecule has 1 atom stereocenters. The molecule has 1 unspecified atom stereocenters. The van der Waals surface area contributed by atoms with Crippen LogP contribution < -0.4 is 29.9 Å². The van der Waals surface area contributed by atoms with Crippen LogP contribution in [0.4, 0.5) is 11.9 Å². The second-order valence-corrected chi connectivity index (χ2v) is 17.3. The summed E-state index contributed by atoms with van der Waals surface area (Å²) in [5.41, 5.74) is 6.98. The number of anilines is 2. The van der Waals surface area contributed by atoms with Gasteiger partial charge in [0.15, 0.2) is 11.6 Å². The fraction of sp³-hybridized carbons (Fsp3) is 0.348. The second kappa shape index (κ2) is 19.0. The third-order valence-corrected chi connectivity index (χ3v) is 13.2. The van der Waals surface area contributed by atoms with E-state index in [1.807, 2.05) is 70.2 Å². The summed E-state index contributed by atoms with van der Waals surface area (Å²) in [6.07, 6.45) is 0.932. The van der Waals surface area contributed by atoms with Crippen molar-refractivity contribution >= 4 is 81.5 Å². The number of ether oxygens (including phenoxy) is 2. The molecule has 0 aliphatic carbocycles. The van der Waals surface area contributed by atoms with E-state index in [2.05, 4.69) is 27.0 Å². The maximum absolute atomic E-state index is 9.83. The molecule has 0 saturated carbocycles. The van der Waals surface area contributed by atoms with Crippen molar-refractivity contribution in [2.24, 2.45) is 0 Å². The zero-order valence-corrected chi connectivity index (χ0v) is 37.9. The minimum atomic E-state index is -0.896. The zero-order valence-electron chi connectivity index (χ0n) is 36.3. The average molecular weight is 899 g/mol. The highest BCUT2D eigenvalue weighted by molar-refractivity contribution is 7.26. The van der Waals surface area contributed by atoms with Gasteiger partial charge in [0.2, 0.25) is 23.7 Å². The smallest absolute Gasteiger partial charge is 0.236 e. The number of thiophene rings is 2. The molecule has 64 heavy (non-hydrogen) atoms. The molecule has 10 rings (SSSR count). The van der Waals surface area contributed by atoms with E-state index in [-0.39, 0.29) is 6.61 Å². The molecule has 8 aromatic rings. The van der Waals surface area contributed by atoms with Gasteiger partial charge in [-0.15, -0.1) is 22.7 Å². The van der Waals surface area contributed by atoms with Gasteiger partial charge in [-0.2, -0.15) is 9.97 Å². The number of aliphatic hydroxyl groups is 2. The minimum Gasteiger partial charge on any atom is -0.477 e. The topological polar surface area (TPSA) is 193 Å². The number of piperazine rings is 2. The third-order valence-electron chi connectivity index (χ3n) is 11.1. The Labute approximate surface area is 378 Å². The highest BCUT2D eigenvalue weighted by atomic mass is 32.1. The first-order valence-electron chi connectivity index (χ1n) is 21.5. The highest BCUT2D eigenvalue weighted by Gasteiger charge is 2.24. The van der Waals surface area contributed by atoms with E-state index >= 15 is 0 Å². The Morgan fingerprint density at radius 2 is 1.09 bits per heavy atom. The number of aryl methyl sites for hydroxylation is 2. The molecule has 0 spiro atoms. The number of nitrogens with one attached hydrogen (secondary N) is 2. The lowest BCUT2D eigenvalue weighted by Gasteiger charge is -2.27. The van der Waals surface area contributed by atoms with Gasteiger partial charge in [0, 0.05) is 63.5 Å². The van der Waals surface area contributed by atoms with E-state index in [0.29, 0.717) is 54.1 Å². The first kappa shape index (κ1) is 43.2. The molecule has 2 saturated heterocycles. The number of nitrogens with zero attached hydrogens (tertiary/aromatic N) is 10. The molecule has 2 fully saturated rings. The Morgan fingerprint density at radius 3 is 1.50 bits per heavy atom. The van der Waals surface area contributed by atoms with Crippen molar-refractivity contribution in [2.45, 2.75) is 33.8 Å². The largest absolute Gasteiger partial charge is 0.477 e. The maximum atomic E-state index is 9.83. The van der Waals surface area contributed by atoms with Crippen LogP contribution in [0.5, 0.6) is 11.8 Å². The standard InChI is InChI=1S/C23H26N6O3S.C23H24N6OS/c1-3-32-21-19-18(26-23(28-21)29-10-8-24-9-11-29)17-13(2)25-20(27-22(17)33-19)15-6-4-14(5-7-15)16(31)12-30;1-4-15-6-8-16(9-7-15)20-25-14(3)17-18-19(31-22(17)27-20)21(30-5-2)28-23(26-18)29-12-10-24-11-13-29/h4-7,16,24,30-31H,3,8-12H2,1-2H3;4,6-9,24H,1,5,10-13H2,2-3H3. The SMILES string of the molecule is C=Cc1ccc(-c2nc(C)c3c(n2)sc2c(OCC)nc(N4CCNCC4)nc23)cc1.CCOc1nc(N2CCNCC2)nc2c1sc1nc(-c3ccc(C(O)CO)cc3)nc(C)c12. The van der Waals surface area contributed by atoms with Gasteiger partial charge in [-0.3, -0.25) is 0 Å². The molecule has 330 valence electrons. The van der Waals surface area contributed by atoms with Crippen molar-refractivity contribution in [1.82, 2.24) is 50.5 Å². The van der Waals surface area contributed by atoms with Gasteiger partial charge in [-0.05, 0) is 38.8 Å². The van der Waals surface area contributed by atoms with Crippen LogP contribution in [0.15, 0.2) is 55.1 Å². The van der Waals surface area contributed by atoms with Crippen LogP contribution in [0.2, 0.25) is 0 Å². The normalized spacial score (nSPS) is 14.8. The summed E-state index contributed by atoms with van der Waals surface area (Å²) < 4.78 is 13.6. The van der Waals surface area contributed by atoms with Crippen molar-refractivity contribution < 1.29 is 19.7 Å². The van der Waals surface area contributed by atoms with E-state index < -0.39 is 6.10 Å². The Bertz CT molecular complexity index is 2950. The summed E-state index contributed by atoms with van der Waals surface area (Å²) >= 11 is 3.08. The van der Waals surface area contributed by atoms with Crippen LogP contribution in [0.1, 0.15) is 42.5 Å². The van der Waals surface area contributed by atoms with Crippen LogP contribution in [-0.4, -0.2) is 122 Å². The van der Waals surface area contributed by atoms with Crippen LogP contribution in [-0.2, 0) is 0 Å². The van der Waals surface area contributed by atoms with Crippen molar-refractivity contribution in [2.75, 3.05) is 82.0 Å². The number of rotatable bonds is 11.